The van der Waals surface area contributed by atoms with Crippen molar-refractivity contribution in [1.82, 2.24) is 4.72 Å². The molecule has 0 fully saturated rings. The van der Waals surface area contributed by atoms with E-state index in [-0.39, 0.29) is 18.6 Å². The molecule has 8 heteroatoms. The van der Waals surface area contributed by atoms with Crippen LogP contribution in [0.5, 0.6) is 0 Å². The number of nitrogens with zero attached hydrogens (tertiary/aromatic N) is 1. The predicted octanol–water partition coefficient (Wildman–Crippen LogP) is 7.44. The number of halogens is 1. The number of benzene rings is 4. The molecular weight excluding hydrogens is 604 g/mol. The third kappa shape index (κ3) is 5.76. The largest absolute Gasteiger partial charge is 0.463 e. The highest BCUT2D eigenvalue weighted by atomic mass is 35.5. The van der Waals surface area contributed by atoms with Crippen LogP contribution in [0.4, 0.5) is 5.69 Å². The fraction of sp³-hybridized carbons (Fsp3) is 0.243. The minimum Gasteiger partial charge on any atom is -0.463 e. The van der Waals surface area contributed by atoms with Crippen molar-refractivity contribution >= 4 is 40.2 Å². The van der Waals surface area contributed by atoms with Gasteiger partial charge in [-0.25, -0.2) is 13.7 Å². The fourth-order valence-electron chi connectivity index (χ4n) is 5.96. The van der Waals surface area contributed by atoms with Crippen molar-refractivity contribution in [2.75, 3.05) is 11.5 Å². The molecule has 0 saturated heterocycles. The Bertz CT molecular complexity index is 1640. The molecule has 1 unspecified atom stereocenters. The number of amides is 1. The van der Waals surface area contributed by atoms with E-state index in [1.165, 1.54) is 0 Å². The van der Waals surface area contributed by atoms with Gasteiger partial charge in [0, 0.05) is 22.6 Å². The number of carbonyl (C=O) groups is 2. The number of nitrogens with one attached hydrogen (secondary N) is 1. The molecule has 0 bridgehead atoms. The first-order chi connectivity index (χ1) is 21.5. The smallest absolute Gasteiger partial charge is 0.333 e. The molecule has 1 N–H and O–H groups in total. The third-order valence-electron chi connectivity index (χ3n) is 8.00. The Morgan fingerprint density at radius 2 is 1.38 bits per heavy atom. The maximum absolute atomic E-state index is 15.6. The zero-order valence-corrected chi connectivity index (χ0v) is 27.5. The van der Waals surface area contributed by atoms with Gasteiger partial charge in [0.2, 0.25) is 0 Å². The molecule has 4 aromatic carbocycles. The standard InChI is InChI=1S/C37H37ClN2O4S/c1-6-44-33(41)26(2)25-36(39-45(43)35(3,4)5)31-24-30(38)22-23-32(31)40(34(36)42)37(27-16-10-7-11-17-27,28-18-12-8-13-19-28)29-20-14-9-15-21-29/h7-24,39H,2,6,25H2,1,3-5H3/t36-,45?/m0/s1. The summed E-state index contributed by atoms with van der Waals surface area (Å²) in [5.74, 6) is -1.03. The van der Waals surface area contributed by atoms with Crippen molar-refractivity contribution < 1.29 is 18.5 Å². The van der Waals surface area contributed by atoms with Gasteiger partial charge >= 0.3 is 5.97 Å². The lowest BCUT2D eigenvalue weighted by Crippen LogP contribution is -2.59. The summed E-state index contributed by atoms with van der Waals surface area (Å²) in [6.45, 7) is 11.3. The molecule has 0 radical (unpaired) electrons. The summed E-state index contributed by atoms with van der Waals surface area (Å²) in [6.07, 6.45) is -0.190. The Labute approximate surface area is 272 Å². The van der Waals surface area contributed by atoms with E-state index in [0.717, 1.165) is 16.7 Å². The van der Waals surface area contributed by atoms with Crippen LogP contribution in [0.25, 0.3) is 0 Å². The molecule has 0 spiro atoms. The first kappa shape index (κ1) is 32.4. The van der Waals surface area contributed by atoms with Crippen molar-refractivity contribution in [3.05, 3.63) is 149 Å². The molecule has 232 valence electrons. The van der Waals surface area contributed by atoms with Crippen molar-refractivity contribution in [2.24, 2.45) is 0 Å². The van der Waals surface area contributed by atoms with Crippen LogP contribution in [0.3, 0.4) is 0 Å². The average molecular weight is 641 g/mol. The Morgan fingerprint density at radius 3 is 1.82 bits per heavy atom. The molecule has 0 saturated carbocycles. The second-order valence-corrected chi connectivity index (χ2v) is 14.4. The molecule has 2 atom stereocenters. The lowest BCUT2D eigenvalue weighted by molar-refractivity contribution is -0.138. The van der Waals surface area contributed by atoms with Gasteiger partial charge in [-0.15, -0.1) is 0 Å². The van der Waals surface area contributed by atoms with E-state index in [4.69, 9.17) is 16.3 Å². The summed E-state index contributed by atoms with van der Waals surface area (Å²) in [6, 6.07) is 34.8. The highest BCUT2D eigenvalue weighted by Crippen LogP contribution is 2.54. The van der Waals surface area contributed by atoms with Crippen LogP contribution < -0.4 is 9.62 Å². The van der Waals surface area contributed by atoms with E-state index >= 15 is 4.79 Å². The van der Waals surface area contributed by atoms with Gasteiger partial charge in [-0.1, -0.05) is 109 Å². The van der Waals surface area contributed by atoms with Gasteiger partial charge in [-0.05, 0) is 62.6 Å². The lowest BCUT2D eigenvalue weighted by atomic mass is 9.75. The van der Waals surface area contributed by atoms with E-state index in [1.54, 1.807) is 24.0 Å². The minimum atomic E-state index is -1.74. The van der Waals surface area contributed by atoms with E-state index < -0.39 is 38.7 Å². The highest BCUT2D eigenvalue weighted by Gasteiger charge is 2.60. The van der Waals surface area contributed by atoms with Gasteiger partial charge in [0.1, 0.15) is 11.1 Å². The van der Waals surface area contributed by atoms with Crippen LogP contribution in [0.1, 0.15) is 56.4 Å². The second-order valence-electron chi connectivity index (χ2n) is 12.0. The zero-order chi connectivity index (χ0) is 32.4. The monoisotopic (exact) mass is 640 g/mol. The van der Waals surface area contributed by atoms with Crippen LogP contribution >= 0.6 is 11.6 Å². The lowest BCUT2D eigenvalue weighted by Gasteiger charge is -2.45. The van der Waals surface area contributed by atoms with Crippen molar-refractivity contribution in [3.63, 3.8) is 0 Å². The fourth-order valence-corrected chi connectivity index (χ4v) is 7.03. The Morgan fingerprint density at radius 1 is 0.889 bits per heavy atom. The zero-order valence-electron chi connectivity index (χ0n) is 25.9. The van der Waals surface area contributed by atoms with E-state index in [9.17, 15) is 9.00 Å². The van der Waals surface area contributed by atoms with Gasteiger partial charge < -0.3 is 4.74 Å². The molecule has 5 rings (SSSR count). The normalized spacial score (nSPS) is 17.1. The van der Waals surface area contributed by atoms with Crippen molar-refractivity contribution in [3.8, 4) is 0 Å². The summed E-state index contributed by atoms with van der Waals surface area (Å²) < 4.78 is 21.7. The topological polar surface area (TPSA) is 75.7 Å². The molecule has 6 nitrogen and oxygen atoms in total. The number of ether oxygens (including phenoxy) is 1. The highest BCUT2D eigenvalue weighted by molar-refractivity contribution is 7.84. The second kappa shape index (κ2) is 12.8. The summed E-state index contributed by atoms with van der Waals surface area (Å²) in [4.78, 5) is 30.4. The van der Waals surface area contributed by atoms with E-state index in [2.05, 4.69) is 11.3 Å². The van der Waals surface area contributed by atoms with E-state index in [0.29, 0.717) is 16.3 Å². The molecule has 1 amide bonds. The Balaban J connectivity index is 1.89. The number of carbonyl (C=O) groups excluding carboxylic acids is 2. The van der Waals surface area contributed by atoms with Crippen LogP contribution in [0, 0.1) is 0 Å². The summed E-state index contributed by atoms with van der Waals surface area (Å²) in [5.41, 5.74) is 0.802. The maximum Gasteiger partial charge on any atom is 0.333 e. The molecule has 1 heterocycles. The molecule has 45 heavy (non-hydrogen) atoms. The molecule has 0 aromatic heterocycles. The quantitative estimate of drug-likeness (QED) is 0.111. The molecule has 1 aliphatic rings. The van der Waals surface area contributed by atoms with Crippen molar-refractivity contribution in [2.45, 2.75) is 49.9 Å². The summed E-state index contributed by atoms with van der Waals surface area (Å²) in [7, 11) is -1.74. The SMILES string of the molecule is C=C(C[C@@]1(NS(=O)C(C)(C)C)C(=O)N(C(c2ccccc2)(c2ccccc2)c2ccccc2)c2ccc(Cl)cc21)C(=O)OCC. The summed E-state index contributed by atoms with van der Waals surface area (Å²) in [5, 5.41) is 0.391. The molecule has 0 aliphatic carbocycles. The number of rotatable bonds is 10. The van der Waals surface area contributed by atoms with E-state index in [1.807, 2.05) is 118 Å². The molecular formula is C37H37ClN2O4S. The first-order valence-electron chi connectivity index (χ1n) is 14.8. The Hall–Kier alpha value is -4.04. The van der Waals surface area contributed by atoms with Crippen LogP contribution in [0.15, 0.2) is 121 Å². The predicted molar refractivity (Wildman–Crippen MR) is 181 cm³/mol. The molecule has 1 aliphatic heterocycles. The van der Waals surface area contributed by atoms with Crippen LogP contribution in [0.2, 0.25) is 5.02 Å². The van der Waals surface area contributed by atoms with Gasteiger partial charge in [0.05, 0.1) is 28.0 Å². The number of esters is 1. The van der Waals surface area contributed by atoms with Gasteiger partial charge in [-0.2, -0.15) is 0 Å². The number of hydrogen-bond acceptors (Lipinski definition) is 4. The number of anilines is 1. The third-order valence-corrected chi connectivity index (χ3v) is 9.88. The molecule has 4 aromatic rings. The average Bonchev–Trinajstić information content (AvgIpc) is 3.25. The Kier molecular flexibility index (Phi) is 9.17. The number of hydrogen-bond donors (Lipinski definition) is 1. The maximum atomic E-state index is 15.6. The summed E-state index contributed by atoms with van der Waals surface area (Å²) >= 11 is 6.64. The van der Waals surface area contributed by atoms with Gasteiger partial charge in [0.15, 0.2) is 0 Å². The van der Waals surface area contributed by atoms with Crippen LogP contribution in [-0.2, 0) is 36.4 Å². The minimum absolute atomic E-state index is 0.0705. The van der Waals surface area contributed by atoms with Crippen molar-refractivity contribution in [1.29, 1.82) is 0 Å². The van der Waals surface area contributed by atoms with Gasteiger partial charge in [-0.3, -0.25) is 9.69 Å². The van der Waals surface area contributed by atoms with Crippen LogP contribution in [-0.4, -0.2) is 27.4 Å². The van der Waals surface area contributed by atoms with Gasteiger partial charge in [0.25, 0.3) is 5.91 Å². The number of fused-ring (bicyclic) bond motifs is 1. The first-order valence-corrected chi connectivity index (χ1v) is 16.4.